The number of primary amides is 1. The summed E-state index contributed by atoms with van der Waals surface area (Å²) in [5.74, 6) is -0.104. The predicted molar refractivity (Wildman–Crippen MR) is 60.1 cm³/mol. The Bertz CT molecular complexity index is 402. The van der Waals surface area contributed by atoms with Crippen molar-refractivity contribution >= 4 is 5.91 Å². The van der Waals surface area contributed by atoms with Crippen molar-refractivity contribution < 1.29 is 14.6 Å². The van der Waals surface area contributed by atoms with E-state index in [1.165, 1.54) is 20.1 Å². The van der Waals surface area contributed by atoms with Crippen LogP contribution in [0.2, 0.25) is 0 Å². The van der Waals surface area contributed by atoms with Gasteiger partial charge in [-0.3, -0.25) is 4.79 Å². The first kappa shape index (κ1) is 12.3. The molecule has 0 aromatic heterocycles. The van der Waals surface area contributed by atoms with Gasteiger partial charge in [0.2, 0.25) is 5.91 Å². The molecule has 5 heteroatoms. The van der Waals surface area contributed by atoms with Crippen LogP contribution in [-0.4, -0.2) is 23.7 Å². The molecule has 5 nitrogen and oxygen atoms in total. The Hall–Kier alpha value is -1.75. The van der Waals surface area contributed by atoms with E-state index in [2.05, 4.69) is 0 Å². The molecule has 1 amide bonds. The molecule has 0 bridgehead atoms. The van der Waals surface area contributed by atoms with Gasteiger partial charge in [0, 0.05) is 12.0 Å². The highest BCUT2D eigenvalue weighted by molar-refractivity contribution is 5.84. The van der Waals surface area contributed by atoms with Gasteiger partial charge in [-0.2, -0.15) is 0 Å². The second-order valence-electron chi connectivity index (χ2n) is 3.92. The Morgan fingerprint density at radius 3 is 2.69 bits per heavy atom. The number of phenolic OH excluding ortho intramolecular Hbond substituents is 1. The van der Waals surface area contributed by atoms with E-state index in [9.17, 15) is 9.90 Å². The Labute approximate surface area is 94.0 Å². The SMILES string of the molecule is COc1cccc(O)c1C[C@@](C)(N)C(N)=O. The summed E-state index contributed by atoms with van der Waals surface area (Å²) in [6.45, 7) is 1.52. The van der Waals surface area contributed by atoms with Crippen molar-refractivity contribution in [3.05, 3.63) is 23.8 Å². The zero-order valence-electron chi connectivity index (χ0n) is 9.36. The van der Waals surface area contributed by atoms with E-state index < -0.39 is 11.4 Å². The number of amides is 1. The van der Waals surface area contributed by atoms with Crippen LogP contribution >= 0.6 is 0 Å². The number of ether oxygens (including phenoxy) is 1. The van der Waals surface area contributed by atoms with Gasteiger partial charge in [-0.25, -0.2) is 0 Å². The Balaban J connectivity index is 3.09. The molecule has 0 saturated carbocycles. The maximum Gasteiger partial charge on any atom is 0.237 e. The highest BCUT2D eigenvalue weighted by Crippen LogP contribution is 2.30. The van der Waals surface area contributed by atoms with E-state index in [1.54, 1.807) is 12.1 Å². The van der Waals surface area contributed by atoms with Gasteiger partial charge < -0.3 is 21.3 Å². The average Bonchev–Trinajstić information content (AvgIpc) is 2.20. The molecule has 0 radical (unpaired) electrons. The molecule has 1 rings (SSSR count). The van der Waals surface area contributed by atoms with Crippen molar-refractivity contribution in [2.75, 3.05) is 7.11 Å². The normalized spacial score (nSPS) is 14.2. The number of phenols is 1. The lowest BCUT2D eigenvalue weighted by Crippen LogP contribution is -2.51. The third kappa shape index (κ3) is 2.43. The number of nitrogens with two attached hydrogens (primary N) is 2. The van der Waals surface area contributed by atoms with Crippen LogP contribution in [0, 0.1) is 0 Å². The van der Waals surface area contributed by atoms with Crippen LogP contribution in [0.15, 0.2) is 18.2 Å². The number of aromatic hydroxyl groups is 1. The van der Waals surface area contributed by atoms with Crippen molar-refractivity contribution in [1.29, 1.82) is 0 Å². The Kier molecular flexibility index (Phi) is 3.39. The second-order valence-corrected chi connectivity index (χ2v) is 3.92. The quantitative estimate of drug-likeness (QED) is 0.677. The lowest BCUT2D eigenvalue weighted by atomic mass is 9.92. The molecule has 16 heavy (non-hydrogen) atoms. The first-order valence-electron chi connectivity index (χ1n) is 4.82. The summed E-state index contributed by atoms with van der Waals surface area (Å²) in [4.78, 5) is 11.1. The van der Waals surface area contributed by atoms with E-state index in [1.807, 2.05) is 0 Å². The van der Waals surface area contributed by atoms with Crippen LogP contribution in [0.1, 0.15) is 12.5 Å². The first-order valence-corrected chi connectivity index (χ1v) is 4.82. The minimum atomic E-state index is -1.22. The van der Waals surface area contributed by atoms with Crippen LogP contribution < -0.4 is 16.2 Å². The molecule has 0 saturated heterocycles. The summed E-state index contributed by atoms with van der Waals surface area (Å²) in [7, 11) is 1.48. The number of rotatable bonds is 4. The monoisotopic (exact) mass is 224 g/mol. The third-order valence-corrected chi connectivity index (χ3v) is 2.44. The molecule has 0 heterocycles. The largest absolute Gasteiger partial charge is 0.508 e. The minimum Gasteiger partial charge on any atom is -0.508 e. The molecule has 1 atom stereocenters. The van der Waals surface area contributed by atoms with Crippen molar-refractivity contribution in [3.63, 3.8) is 0 Å². The highest BCUT2D eigenvalue weighted by Gasteiger charge is 2.28. The molecule has 1 aromatic rings. The van der Waals surface area contributed by atoms with Gasteiger partial charge in [0.1, 0.15) is 11.5 Å². The van der Waals surface area contributed by atoms with Gasteiger partial charge in [0.05, 0.1) is 12.6 Å². The smallest absolute Gasteiger partial charge is 0.237 e. The topological polar surface area (TPSA) is 98.6 Å². The van der Waals surface area contributed by atoms with E-state index in [4.69, 9.17) is 16.2 Å². The third-order valence-electron chi connectivity index (χ3n) is 2.44. The molecule has 0 aliphatic rings. The summed E-state index contributed by atoms with van der Waals surface area (Å²) in [5, 5.41) is 9.68. The number of hydrogen-bond acceptors (Lipinski definition) is 4. The van der Waals surface area contributed by atoms with Crippen LogP contribution in [0.4, 0.5) is 0 Å². The van der Waals surface area contributed by atoms with E-state index in [0.29, 0.717) is 11.3 Å². The molecule has 1 aromatic carbocycles. The molecule has 0 fully saturated rings. The first-order chi connectivity index (χ1) is 7.38. The van der Waals surface area contributed by atoms with Gasteiger partial charge in [-0.1, -0.05) is 6.07 Å². The van der Waals surface area contributed by atoms with E-state index in [-0.39, 0.29) is 12.2 Å². The minimum absolute atomic E-state index is 0.0391. The lowest BCUT2D eigenvalue weighted by Gasteiger charge is -2.22. The summed E-state index contributed by atoms with van der Waals surface area (Å²) in [6, 6.07) is 4.84. The summed E-state index contributed by atoms with van der Waals surface area (Å²) < 4.78 is 5.08. The summed E-state index contributed by atoms with van der Waals surface area (Å²) >= 11 is 0. The summed E-state index contributed by atoms with van der Waals surface area (Å²) in [5.41, 5.74) is 10.2. The van der Waals surface area contributed by atoms with Gasteiger partial charge in [-0.05, 0) is 19.1 Å². The van der Waals surface area contributed by atoms with Crippen LogP contribution in [0.25, 0.3) is 0 Å². The molecule has 88 valence electrons. The fraction of sp³-hybridized carbons (Fsp3) is 0.364. The Morgan fingerprint density at radius 2 is 2.19 bits per heavy atom. The maximum absolute atomic E-state index is 11.1. The van der Waals surface area contributed by atoms with Gasteiger partial charge in [-0.15, -0.1) is 0 Å². The standard InChI is InChI=1S/C11H16N2O3/c1-11(13,10(12)15)6-7-8(14)4-3-5-9(7)16-2/h3-5,14H,6,13H2,1-2H3,(H2,12,15)/t11-/m1/s1. The summed E-state index contributed by atoms with van der Waals surface area (Å²) in [6.07, 6.45) is 0.123. The van der Waals surface area contributed by atoms with E-state index in [0.717, 1.165) is 0 Å². The predicted octanol–water partition coefficient (Wildman–Crippen LogP) is 0.146. The molecular weight excluding hydrogens is 208 g/mol. The number of hydrogen-bond donors (Lipinski definition) is 3. The molecule has 5 N–H and O–H groups in total. The zero-order valence-corrected chi connectivity index (χ0v) is 9.36. The lowest BCUT2D eigenvalue weighted by molar-refractivity contribution is -0.122. The van der Waals surface area contributed by atoms with E-state index >= 15 is 0 Å². The fourth-order valence-corrected chi connectivity index (χ4v) is 1.38. The molecule has 0 aliphatic carbocycles. The van der Waals surface area contributed by atoms with Crippen LogP contribution in [0.5, 0.6) is 11.5 Å². The fourth-order valence-electron chi connectivity index (χ4n) is 1.38. The molecule has 0 aliphatic heterocycles. The average molecular weight is 224 g/mol. The second kappa shape index (κ2) is 4.40. The molecule has 0 unspecified atom stereocenters. The van der Waals surface area contributed by atoms with Gasteiger partial charge >= 0.3 is 0 Å². The number of benzene rings is 1. The highest BCUT2D eigenvalue weighted by atomic mass is 16.5. The number of carbonyl (C=O) groups excluding carboxylic acids is 1. The number of methoxy groups -OCH3 is 1. The maximum atomic E-state index is 11.1. The van der Waals surface area contributed by atoms with Crippen LogP contribution in [0.3, 0.4) is 0 Å². The van der Waals surface area contributed by atoms with Crippen molar-refractivity contribution in [3.8, 4) is 11.5 Å². The Morgan fingerprint density at radius 1 is 1.56 bits per heavy atom. The van der Waals surface area contributed by atoms with Gasteiger partial charge in [0.15, 0.2) is 0 Å². The van der Waals surface area contributed by atoms with Crippen molar-refractivity contribution in [1.82, 2.24) is 0 Å². The zero-order chi connectivity index (χ0) is 12.3. The van der Waals surface area contributed by atoms with Crippen molar-refractivity contribution in [2.24, 2.45) is 11.5 Å². The van der Waals surface area contributed by atoms with Crippen LogP contribution in [-0.2, 0) is 11.2 Å². The number of carbonyl (C=O) groups is 1. The van der Waals surface area contributed by atoms with Crippen molar-refractivity contribution in [2.45, 2.75) is 18.9 Å². The molecular formula is C11H16N2O3. The molecule has 0 spiro atoms. The van der Waals surface area contributed by atoms with Gasteiger partial charge in [0.25, 0.3) is 0 Å².